The quantitative estimate of drug-likeness (QED) is 0.508. The SMILES string of the molecule is Cc1cccc(C(=O)OCC(=O)Nc2ccc(F)cc2F)c1[N+](=O)[O-]. The topological polar surface area (TPSA) is 98.5 Å². The highest BCUT2D eigenvalue weighted by Crippen LogP contribution is 2.23. The van der Waals surface area contributed by atoms with Crippen LogP contribution >= 0.6 is 0 Å². The molecule has 130 valence electrons. The van der Waals surface area contributed by atoms with Gasteiger partial charge in [0.25, 0.3) is 11.6 Å². The van der Waals surface area contributed by atoms with Crippen LogP contribution in [0.5, 0.6) is 0 Å². The number of carbonyl (C=O) groups is 2. The van der Waals surface area contributed by atoms with E-state index in [4.69, 9.17) is 4.74 Å². The smallest absolute Gasteiger partial charge is 0.345 e. The molecule has 0 fully saturated rings. The predicted octanol–water partition coefficient (Wildman–Crippen LogP) is 2.98. The summed E-state index contributed by atoms with van der Waals surface area (Å²) in [6.45, 7) is 0.666. The van der Waals surface area contributed by atoms with Gasteiger partial charge >= 0.3 is 5.97 Å². The van der Waals surface area contributed by atoms with Gasteiger partial charge in [-0.3, -0.25) is 14.9 Å². The third kappa shape index (κ3) is 4.34. The molecule has 0 saturated carbocycles. The minimum atomic E-state index is -1.06. The van der Waals surface area contributed by atoms with Crippen molar-refractivity contribution in [2.45, 2.75) is 6.92 Å². The summed E-state index contributed by atoms with van der Waals surface area (Å²) in [5.41, 5.74) is -0.746. The molecule has 2 rings (SSSR count). The average molecular weight is 350 g/mol. The van der Waals surface area contributed by atoms with Crippen LogP contribution in [0.4, 0.5) is 20.2 Å². The highest BCUT2D eigenvalue weighted by Gasteiger charge is 2.24. The van der Waals surface area contributed by atoms with Crippen molar-refractivity contribution in [1.82, 2.24) is 0 Å². The van der Waals surface area contributed by atoms with E-state index in [2.05, 4.69) is 5.32 Å². The summed E-state index contributed by atoms with van der Waals surface area (Å²) in [7, 11) is 0. The number of amides is 1. The predicted molar refractivity (Wildman–Crippen MR) is 83.1 cm³/mol. The number of nitro benzene ring substituents is 1. The fourth-order valence-corrected chi connectivity index (χ4v) is 2.05. The Bertz CT molecular complexity index is 854. The standard InChI is InChI=1S/C16H12F2N2O5/c1-9-3-2-4-11(15(9)20(23)24)16(22)25-8-14(21)19-13-6-5-10(17)7-12(13)18/h2-7H,8H2,1H3,(H,19,21). The molecule has 0 spiro atoms. The summed E-state index contributed by atoms with van der Waals surface area (Å²) >= 11 is 0. The molecule has 0 radical (unpaired) electrons. The van der Waals surface area contributed by atoms with Crippen LogP contribution in [-0.2, 0) is 9.53 Å². The van der Waals surface area contributed by atoms with E-state index in [-0.39, 0.29) is 16.8 Å². The number of nitro groups is 1. The Labute approximate surface area is 140 Å². The Kier molecular flexibility index (Phi) is 5.38. The van der Waals surface area contributed by atoms with Crippen LogP contribution < -0.4 is 5.32 Å². The first-order valence-corrected chi connectivity index (χ1v) is 6.95. The lowest BCUT2D eigenvalue weighted by Crippen LogP contribution is -2.22. The molecule has 0 unspecified atom stereocenters. The van der Waals surface area contributed by atoms with Crippen molar-refractivity contribution in [3.8, 4) is 0 Å². The van der Waals surface area contributed by atoms with Gasteiger partial charge in [-0.15, -0.1) is 0 Å². The summed E-state index contributed by atoms with van der Waals surface area (Å²) in [5.74, 6) is -3.75. The lowest BCUT2D eigenvalue weighted by molar-refractivity contribution is -0.385. The molecule has 2 aromatic carbocycles. The molecule has 9 heteroatoms. The van der Waals surface area contributed by atoms with Gasteiger partial charge in [0.2, 0.25) is 0 Å². The summed E-state index contributed by atoms with van der Waals surface area (Å²) in [5, 5.41) is 13.1. The van der Waals surface area contributed by atoms with Crippen molar-refractivity contribution in [3.63, 3.8) is 0 Å². The number of nitrogens with zero attached hydrogens (tertiary/aromatic N) is 1. The summed E-state index contributed by atoms with van der Waals surface area (Å²) < 4.78 is 30.9. The Morgan fingerprint density at radius 3 is 2.60 bits per heavy atom. The van der Waals surface area contributed by atoms with Gasteiger partial charge in [0.05, 0.1) is 10.6 Å². The Morgan fingerprint density at radius 1 is 1.24 bits per heavy atom. The number of ether oxygens (including phenoxy) is 1. The highest BCUT2D eigenvalue weighted by atomic mass is 19.1. The Morgan fingerprint density at radius 2 is 1.96 bits per heavy atom. The monoisotopic (exact) mass is 350 g/mol. The minimum absolute atomic E-state index is 0.261. The molecule has 2 aromatic rings. The third-order valence-electron chi connectivity index (χ3n) is 3.18. The number of esters is 1. The van der Waals surface area contributed by atoms with Crippen molar-refractivity contribution in [2.24, 2.45) is 0 Å². The van der Waals surface area contributed by atoms with Crippen molar-refractivity contribution in [3.05, 3.63) is 69.3 Å². The molecule has 0 aliphatic carbocycles. The van der Waals surface area contributed by atoms with Gasteiger partial charge < -0.3 is 10.1 Å². The van der Waals surface area contributed by atoms with Crippen molar-refractivity contribution < 1.29 is 28.0 Å². The average Bonchev–Trinajstić information content (AvgIpc) is 2.54. The van der Waals surface area contributed by atoms with Crippen molar-refractivity contribution in [1.29, 1.82) is 0 Å². The second-order valence-electron chi connectivity index (χ2n) is 4.98. The van der Waals surface area contributed by atoms with Crippen LogP contribution in [-0.4, -0.2) is 23.4 Å². The Balaban J connectivity index is 2.04. The van der Waals surface area contributed by atoms with E-state index in [1.165, 1.54) is 25.1 Å². The van der Waals surface area contributed by atoms with Crippen LogP contribution in [0, 0.1) is 28.7 Å². The third-order valence-corrected chi connectivity index (χ3v) is 3.18. The fourth-order valence-electron chi connectivity index (χ4n) is 2.05. The second-order valence-corrected chi connectivity index (χ2v) is 4.98. The molecule has 0 atom stereocenters. The molecule has 1 N–H and O–H groups in total. The first-order chi connectivity index (χ1) is 11.8. The maximum absolute atomic E-state index is 13.4. The number of hydrogen-bond acceptors (Lipinski definition) is 5. The highest BCUT2D eigenvalue weighted by molar-refractivity contribution is 5.97. The number of nitrogens with one attached hydrogen (secondary N) is 1. The number of aryl methyl sites for hydroxylation is 1. The number of carbonyl (C=O) groups excluding carboxylic acids is 2. The van der Waals surface area contributed by atoms with Crippen molar-refractivity contribution in [2.75, 3.05) is 11.9 Å². The van der Waals surface area contributed by atoms with Gasteiger partial charge in [-0.1, -0.05) is 12.1 Å². The maximum Gasteiger partial charge on any atom is 0.345 e. The fraction of sp³-hybridized carbons (Fsp3) is 0.125. The number of para-hydroxylation sites is 1. The molecule has 0 aliphatic rings. The molecular weight excluding hydrogens is 338 g/mol. The van der Waals surface area contributed by atoms with Crippen LogP contribution in [0.3, 0.4) is 0 Å². The minimum Gasteiger partial charge on any atom is -0.452 e. The van der Waals surface area contributed by atoms with Gasteiger partial charge in [0.1, 0.15) is 17.2 Å². The number of hydrogen-bond donors (Lipinski definition) is 1. The molecule has 25 heavy (non-hydrogen) atoms. The zero-order valence-corrected chi connectivity index (χ0v) is 12.9. The molecule has 7 nitrogen and oxygen atoms in total. The van der Waals surface area contributed by atoms with E-state index in [0.29, 0.717) is 6.07 Å². The van der Waals surface area contributed by atoms with Crippen molar-refractivity contribution >= 4 is 23.3 Å². The van der Waals surface area contributed by atoms with E-state index in [1.54, 1.807) is 0 Å². The van der Waals surface area contributed by atoms with Crippen LogP contribution in [0.25, 0.3) is 0 Å². The van der Waals surface area contributed by atoms with E-state index in [1.807, 2.05) is 0 Å². The molecule has 1 amide bonds. The van der Waals surface area contributed by atoms with E-state index in [0.717, 1.165) is 12.1 Å². The van der Waals surface area contributed by atoms with E-state index in [9.17, 15) is 28.5 Å². The first kappa shape index (κ1) is 18.0. The molecule has 0 saturated heterocycles. The van der Waals surface area contributed by atoms with E-state index < -0.39 is 40.7 Å². The molecule has 0 heterocycles. The molecular formula is C16H12F2N2O5. The molecule has 0 bridgehead atoms. The molecule has 0 aliphatic heterocycles. The second kappa shape index (κ2) is 7.47. The Hall–Kier alpha value is -3.36. The number of anilines is 1. The van der Waals surface area contributed by atoms with Crippen LogP contribution in [0.2, 0.25) is 0 Å². The van der Waals surface area contributed by atoms with E-state index >= 15 is 0 Å². The number of halogens is 2. The zero-order valence-electron chi connectivity index (χ0n) is 12.9. The lowest BCUT2D eigenvalue weighted by Gasteiger charge is -2.08. The summed E-state index contributed by atoms with van der Waals surface area (Å²) in [4.78, 5) is 34.0. The van der Waals surface area contributed by atoms with Gasteiger partial charge in [0, 0.05) is 11.6 Å². The normalized spacial score (nSPS) is 10.2. The van der Waals surface area contributed by atoms with Gasteiger partial charge in [-0.05, 0) is 25.1 Å². The van der Waals surface area contributed by atoms with Gasteiger partial charge in [0.15, 0.2) is 6.61 Å². The van der Waals surface area contributed by atoms with Crippen LogP contribution in [0.15, 0.2) is 36.4 Å². The largest absolute Gasteiger partial charge is 0.452 e. The zero-order chi connectivity index (χ0) is 18.6. The summed E-state index contributed by atoms with van der Waals surface area (Å²) in [6.07, 6.45) is 0. The number of benzene rings is 2. The summed E-state index contributed by atoms with van der Waals surface area (Å²) in [6, 6.07) is 6.63. The van der Waals surface area contributed by atoms with Gasteiger partial charge in [-0.25, -0.2) is 13.6 Å². The van der Waals surface area contributed by atoms with Gasteiger partial charge in [-0.2, -0.15) is 0 Å². The van der Waals surface area contributed by atoms with Crippen LogP contribution in [0.1, 0.15) is 15.9 Å². The maximum atomic E-state index is 13.4. The first-order valence-electron chi connectivity index (χ1n) is 6.95. The molecule has 0 aromatic heterocycles. The number of rotatable bonds is 5. The lowest BCUT2D eigenvalue weighted by atomic mass is 10.1.